The Morgan fingerprint density at radius 2 is 1.86 bits per heavy atom. The van der Waals surface area contributed by atoms with Crippen LogP contribution in [0.3, 0.4) is 0 Å². The Labute approximate surface area is 82.8 Å². The molecule has 14 heavy (non-hydrogen) atoms. The van der Waals surface area contributed by atoms with Gasteiger partial charge in [-0.15, -0.1) is 0 Å². The van der Waals surface area contributed by atoms with Gasteiger partial charge in [0.2, 0.25) is 5.95 Å². The number of anilines is 2. The lowest BCUT2D eigenvalue weighted by Crippen LogP contribution is -2.15. The van der Waals surface area contributed by atoms with E-state index in [-0.39, 0.29) is 5.72 Å². The maximum absolute atomic E-state index is 5.41. The van der Waals surface area contributed by atoms with Gasteiger partial charge in [0.1, 0.15) is 6.33 Å². The van der Waals surface area contributed by atoms with E-state index in [1.165, 1.54) is 6.33 Å². The van der Waals surface area contributed by atoms with Gasteiger partial charge >= 0.3 is 0 Å². The lowest BCUT2D eigenvalue weighted by atomic mass is 10.1. The van der Waals surface area contributed by atoms with Crippen molar-refractivity contribution in [1.82, 2.24) is 15.0 Å². The molecule has 2 rings (SSSR count). The van der Waals surface area contributed by atoms with Crippen molar-refractivity contribution >= 4 is 25.2 Å². The van der Waals surface area contributed by atoms with Crippen LogP contribution in [0.2, 0.25) is 0 Å². The van der Waals surface area contributed by atoms with Crippen LogP contribution in [0.1, 0.15) is 0 Å². The zero-order valence-electron chi connectivity index (χ0n) is 7.38. The molecule has 0 amide bonds. The Balaban J connectivity index is 2.19. The molecule has 66 valence electrons. The molecule has 2 radical (unpaired) electrons. The van der Waals surface area contributed by atoms with Crippen molar-refractivity contribution in [2.75, 3.05) is 5.32 Å². The summed E-state index contributed by atoms with van der Waals surface area (Å²) in [5, 5.41) is 3.00. The summed E-state index contributed by atoms with van der Waals surface area (Å²) in [5.41, 5.74) is 1.12. The lowest BCUT2D eigenvalue weighted by molar-refractivity contribution is 1.09. The minimum atomic E-state index is 0.207. The number of aromatic nitrogens is 3. The number of para-hydroxylation sites is 1. The Morgan fingerprint density at radius 1 is 1.07 bits per heavy atom. The molecule has 1 aromatic carbocycles. The summed E-state index contributed by atoms with van der Waals surface area (Å²) in [5.74, 6) is 0.448. The van der Waals surface area contributed by atoms with Crippen LogP contribution in [0.15, 0.2) is 36.7 Å². The van der Waals surface area contributed by atoms with Crippen LogP contribution < -0.4 is 11.0 Å². The third kappa shape index (κ3) is 2.07. The van der Waals surface area contributed by atoms with Crippen molar-refractivity contribution in [3.63, 3.8) is 0 Å². The second kappa shape index (κ2) is 3.87. The first-order valence-corrected chi connectivity index (χ1v) is 4.11. The highest BCUT2D eigenvalue weighted by Crippen LogP contribution is 2.09. The molecule has 0 bridgehead atoms. The van der Waals surface area contributed by atoms with E-state index in [4.69, 9.17) is 7.85 Å². The van der Waals surface area contributed by atoms with E-state index >= 15 is 0 Å². The average Bonchev–Trinajstić information content (AvgIpc) is 2.19. The minimum Gasteiger partial charge on any atom is -0.324 e. The number of hydrogen-bond acceptors (Lipinski definition) is 4. The van der Waals surface area contributed by atoms with Crippen LogP contribution >= 0.6 is 0 Å². The van der Waals surface area contributed by atoms with Crippen molar-refractivity contribution in [2.45, 2.75) is 0 Å². The molecule has 2 aromatic rings. The number of nitrogens with one attached hydrogen (secondary N) is 1. The van der Waals surface area contributed by atoms with E-state index < -0.39 is 0 Å². The first-order valence-electron chi connectivity index (χ1n) is 4.11. The number of rotatable bonds is 2. The number of benzene rings is 1. The molecule has 1 N–H and O–H groups in total. The van der Waals surface area contributed by atoms with Crippen LogP contribution in [0.5, 0.6) is 0 Å². The Bertz CT molecular complexity index is 418. The first kappa shape index (κ1) is 8.68. The van der Waals surface area contributed by atoms with E-state index in [0.29, 0.717) is 5.95 Å². The predicted octanol–water partition coefficient (Wildman–Crippen LogP) is 0.409. The van der Waals surface area contributed by atoms with Crippen LogP contribution in [0, 0.1) is 0 Å². The van der Waals surface area contributed by atoms with Crippen molar-refractivity contribution in [3.05, 3.63) is 36.7 Å². The first-order chi connectivity index (χ1) is 6.84. The van der Waals surface area contributed by atoms with Gasteiger partial charge in [-0.1, -0.05) is 18.2 Å². The highest BCUT2D eigenvalue weighted by atomic mass is 15.1. The average molecular weight is 182 g/mol. The van der Waals surface area contributed by atoms with Gasteiger partial charge in [-0.05, 0) is 12.1 Å². The largest absolute Gasteiger partial charge is 0.324 e. The van der Waals surface area contributed by atoms with Crippen LogP contribution in [0.4, 0.5) is 11.6 Å². The van der Waals surface area contributed by atoms with Gasteiger partial charge < -0.3 is 5.32 Å². The normalized spacial score (nSPS) is 9.71. The fraction of sp³-hybridized carbons (Fsp3) is 0. The molecular formula is C9H7BN4. The van der Waals surface area contributed by atoms with E-state index in [2.05, 4.69) is 20.3 Å². The van der Waals surface area contributed by atoms with Crippen molar-refractivity contribution < 1.29 is 0 Å². The molecule has 0 aliphatic rings. The van der Waals surface area contributed by atoms with E-state index in [9.17, 15) is 0 Å². The monoisotopic (exact) mass is 182 g/mol. The molecule has 0 unspecified atom stereocenters. The Hall–Kier alpha value is -1.91. The highest BCUT2D eigenvalue weighted by Gasteiger charge is 1.96. The molecule has 5 heteroatoms. The minimum absolute atomic E-state index is 0.207. The summed E-state index contributed by atoms with van der Waals surface area (Å²) < 4.78 is 0. The van der Waals surface area contributed by atoms with Gasteiger partial charge in [0.15, 0.2) is 7.85 Å². The fourth-order valence-corrected chi connectivity index (χ4v) is 1.02. The molecule has 0 saturated carbocycles. The predicted molar refractivity (Wildman–Crippen MR) is 54.9 cm³/mol. The molecule has 0 fully saturated rings. The molecular weight excluding hydrogens is 175 g/mol. The number of nitrogens with zero attached hydrogens (tertiary/aromatic N) is 3. The second-order valence-corrected chi connectivity index (χ2v) is 2.66. The van der Waals surface area contributed by atoms with Crippen LogP contribution in [0.25, 0.3) is 0 Å². The van der Waals surface area contributed by atoms with Gasteiger partial charge in [0.05, 0.1) is 5.72 Å². The number of hydrogen-bond donors (Lipinski definition) is 1. The topological polar surface area (TPSA) is 50.7 Å². The molecule has 1 aromatic heterocycles. The summed E-state index contributed by atoms with van der Waals surface area (Å²) in [6, 6.07) is 9.62. The second-order valence-electron chi connectivity index (χ2n) is 2.66. The van der Waals surface area contributed by atoms with Gasteiger partial charge in [-0.3, -0.25) is 0 Å². The maximum Gasteiger partial charge on any atom is 0.229 e. The summed E-state index contributed by atoms with van der Waals surface area (Å²) in [6.45, 7) is 0. The van der Waals surface area contributed by atoms with Crippen molar-refractivity contribution in [2.24, 2.45) is 0 Å². The molecule has 4 nitrogen and oxygen atoms in total. The molecule has 1 heterocycles. The summed E-state index contributed by atoms with van der Waals surface area (Å²) in [4.78, 5) is 11.5. The molecule has 0 spiro atoms. The summed E-state index contributed by atoms with van der Waals surface area (Å²) in [6.07, 6.45) is 1.37. The fourth-order valence-electron chi connectivity index (χ4n) is 1.02. The summed E-state index contributed by atoms with van der Waals surface area (Å²) in [7, 11) is 5.41. The third-order valence-corrected chi connectivity index (χ3v) is 1.62. The molecule has 0 aliphatic heterocycles. The third-order valence-electron chi connectivity index (χ3n) is 1.62. The summed E-state index contributed by atoms with van der Waals surface area (Å²) >= 11 is 0. The quantitative estimate of drug-likeness (QED) is 0.683. The Kier molecular flexibility index (Phi) is 2.40. The maximum atomic E-state index is 5.41. The van der Waals surface area contributed by atoms with E-state index in [1.54, 1.807) is 0 Å². The zero-order valence-corrected chi connectivity index (χ0v) is 7.38. The van der Waals surface area contributed by atoms with E-state index in [1.807, 2.05) is 30.3 Å². The Morgan fingerprint density at radius 3 is 2.57 bits per heavy atom. The highest BCUT2D eigenvalue weighted by molar-refractivity contribution is 6.28. The van der Waals surface area contributed by atoms with Crippen molar-refractivity contribution in [1.29, 1.82) is 0 Å². The zero-order chi connectivity index (χ0) is 9.80. The van der Waals surface area contributed by atoms with Crippen molar-refractivity contribution in [3.8, 4) is 0 Å². The SMILES string of the molecule is [B]c1ncnc(Nc2ccccc2)n1. The van der Waals surface area contributed by atoms with Crippen LogP contribution in [-0.4, -0.2) is 22.8 Å². The standard InChI is InChI=1S/C9H7BN4/c10-8-11-6-12-9(14-8)13-7-4-2-1-3-5-7/h1-6H,(H,11,12,13,14). The molecule has 0 atom stereocenters. The van der Waals surface area contributed by atoms with Gasteiger partial charge in [-0.2, -0.15) is 0 Å². The molecule has 0 saturated heterocycles. The van der Waals surface area contributed by atoms with E-state index in [0.717, 1.165) is 5.69 Å². The van der Waals surface area contributed by atoms with Gasteiger partial charge in [0, 0.05) is 5.69 Å². The lowest BCUT2D eigenvalue weighted by Gasteiger charge is -2.03. The van der Waals surface area contributed by atoms with Gasteiger partial charge in [-0.25, -0.2) is 15.0 Å². The molecule has 0 aliphatic carbocycles. The smallest absolute Gasteiger partial charge is 0.229 e. The van der Waals surface area contributed by atoms with Gasteiger partial charge in [0.25, 0.3) is 0 Å². The van der Waals surface area contributed by atoms with Crippen LogP contribution in [-0.2, 0) is 0 Å².